The average molecular weight is 420 g/mol. The van der Waals surface area contributed by atoms with Crippen molar-refractivity contribution in [2.24, 2.45) is 0 Å². The Kier molecular flexibility index (Phi) is 5.18. The number of benzene rings is 3. The van der Waals surface area contributed by atoms with Gasteiger partial charge in [0.1, 0.15) is 5.58 Å². The van der Waals surface area contributed by atoms with Gasteiger partial charge in [0.05, 0.1) is 10.6 Å². The van der Waals surface area contributed by atoms with E-state index in [1.165, 1.54) is 12.1 Å². The van der Waals surface area contributed by atoms with Crippen LogP contribution in [0.1, 0.15) is 28.6 Å². The molecule has 5 nitrogen and oxygen atoms in total. The van der Waals surface area contributed by atoms with Crippen LogP contribution in [0.15, 0.2) is 88.2 Å². The van der Waals surface area contributed by atoms with Gasteiger partial charge in [-0.25, -0.2) is 8.42 Å². The molecule has 152 valence electrons. The predicted molar refractivity (Wildman–Crippen MR) is 117 cm³/mol. The van der Waals surface area contributed by atoms with Crippen molar-refractivity contribution in [1.82, 2.24) is 0 Å². The second-order valence-corrected chi connectivity index (χ2v) is 8.84. The van der Waals surface area contributed by atoms with Gasteiger partial charge in [0.2, 0.25) is 0 Å². The lowest BCUT2D eigenvalue weighted by atomic mass is 10.1. The van der Waals surface area contributed by atoms with E-state index in [-0.39, 0.29) is 16.3 Å². The van der Waals surface area contributed by atoms with Gasteiger partial charge in [-0.15, -0.1) is 0 Å². The van der Waals surface area contributed by atoms with Crippen LogP contribution in [-0.4, -0.2) is 14.3 Å². The number of furan rings is 1. The molecule has 1 heterocycles. The lowest BCUT2D eigenvalue weighted by Gasteiger charge is -2.22. The maximum Gasteiger partial charge on any atom is 0.308 e. The van der Waals surface area contributed by atoms with E-state index in [2.05, 4.69) is 0 Å². The molecular weight excluding hydrogens is 398 g/mol. The van der Waals surface area contributed by atoms with Crippen molar-refractivity contribution in [2.75, 3.05) is 4.31 Å². The van der Waals surface area contributed by atoms with Crippen molar-refractivity contribution in [3.63, 3.8) is 0 Å². The Morgan fingerprint density at radius 3 is 2.23 bits per heavy atom. The molecule has 6 heteroatoms. The molecule has 0 fully saturated rings. The Balaban J connectivity index is 1.85. The molecule has 0 unspecified atom stereocenters. The zero-order chi connectivity index (χ0) is 21.3. The van der Waals surface area contributed by atoms with Gasteiger partial charge in [0.25, 0.3) is 10.0 Å². The predicted octanol–water partition coefficient (Wildman–Crippen LogP) is 5.34. The maximum atomic E-state index is 13.5. The lowest BCUT2D eigenvalue weighted by molar-refractivity contribution is 0.0981. The van der Waals surface area contributed by atoms with Gasteiger partial charge in [0, 0.05) is 5.39 Å². The van der Waals surface area contributed by atoms with Crippen molar-refractivity contribution in [1.29, 1.82) is 0 Å². The van der Waals surface area contributed by atoms with Crippen molar-refractivity contribution in [2.45, 2.75) is 25.2 Å². The van der Waals surface area contributed by atoms with E-state index < -0.39 is 15.9 Å². The molecule has 0 spiro atoms. The molecule has 4 aromatic rings. The third-order valence-electron chi connectivity index (χ3n) is 4.96. The normalized spacial score (nSPS) is 11.5. The summed E-state index contributed by atoms with van der Waals surface area (Å²) in [5.41, 5.74) is 2.76. The Morgan fingerprint density at radius 1 is 0.933 bits per heavy atom. The highest BCUT2D eigenvalue weighted by Gasteiger charge is 2.33. The minimum absolute atomic E-state index is 0.0357. The first-order chi connectivity index (χ1) is 14.4. The molecule has 0 atom stereocenters. The molecule has 4 rings (SSSR count). The largest absolute Gasteiger partial charge is 0.451 e. The number of fused-ring (bicyclic) bond motifs is 1. The van der Waals surface area contributed by atoms with Crippen LogP contribution < -0.4 is 4.31 Å². The van der Waals surface area contributed by atoms with Crippen LogP contribution >= 0.6 is 0 Å². The monoisotopic (exact) mass is 419 g/mol. The number of carbonyl (C=O) groups excluding carboxylic acids is 1. The standard InChI is InChI=1S/C24H21NO4S/c1-3-18-10-12-20(13-11-18)25(30(27,28)21-14-8-17(2)9-15-21)24(26)23-16-19-6-4-5-7-22(19)29-23/h4-16H,3H2,1-2H3. The van der Waals surface area contributed by atoms with Gasteiger partial charge < -0.3 is 4.42 Å². The number of sulfonamides is 1. The first-order valence-electron chi connectivity index (χ1n) is 9.64. The van der Waals surface area contributed by atoms with Gasteiger partial charge in [-0.05, 0) is 55.3 Å². The molecular formula is C24H21NO4S. The van der Waals surface area contributed by atoms with E-state index in [1.807, 2.05) is 38.1 Å². The summed E-state index contributed by atoms with van der Waals surface area (Å²) in [6.07, 6.45) is 0.808. The zero-order valence-corrected chi connectivity index (χ0v) is 17.5. The summed E-state index contributed by atoms with van der Waals surface area (Å²) in [6, 6.07) is 22.1. The first kappa shape index (κ1) is 19.9. The molecule has 0 saturated carbocycles. The van der Waals surface area contributed by atoms with Crippen molar-refractivity contribution in [3.8, 4) is 0 Å². The molecule has 3 aromatic carbocycles. The highest BCUT2D eigenvalue weighted by molar-refractivity contribution is 7.93. The number of para-hydroxylation sites is 1. The summed E-state index contributed by atoms with van der Waals surface area (Å²) in [6.45, 7) is 3.88. The average Bonchev–Trinajstić information content (AvgIpc) is 3.19. The molecule has 0 aliphatic rings. The fraction of sp³-hybridized carbons (Fsp3) is 0.125. The fourth-order valence-corrected chi connectivity index (χ4v) is 4.63. The second kappa shape index (κ2) is 7.80. The Hall–Kier alpha value is -3.38. The minimum Gasteiger partial charge on any atom is -0.451 e. The first-order valence-corrected chi connectivity index (χ1v) is 11.1. The number of hydrogen-bond acceptors (Lipinski definition) is 4. The van der Waals surface area contributed by atoms with E-state index in [9.17, 15) is 13.2 Å². The second-order valence-electron chi connectivity index (χ2n) is 7.06. The number of anilines is 1. The topological polar surface area (TPSA) is 67.6 Å². The van der Waals surface area contributed by atoms with Gasteiger partial charge in [-0.2, -0.15) is 4.31 Å². The van der Waals surface area contributed by atoms with Crippen molar-refractivity contribution < 1.29 is 17.6 Å². The summed E-state index contributed by atoms with van der Waals surface area (Å²) in [4.78, 5) is 13.4. The zero-order valence-electron chi connectivity index (χ0n) is 16.7. The summed E-state index contributed by atoms with van der Waals surface area (Å²) in [5.74, 6) is -0.775. The van der Waals surface area contributed by atoms with E-state index in [1.54, 1.807) is 42.5 Å². The SMILES string of the molecule is CCc1ccc(N(C(=O)c2cc3ccccc3o2)S(=O)(=O)c2ccc(C)cc2)cc1. The van der Waals surface area contributed by atoms with Gasteiger partial charge in [-0.1, -0.05) is 55.0 Å². The van der Waals surface area contributed by atoms with E-state index >= 15 is 0 Å². The summed E-state index contributed by atoms with van der Waals surface area (Å²) in [5, 5.41) is 0.731. The van der Waals surface area contributed by atoms with Gasteiger partial charge >= 0.3 is 5.91 Å². The van der Waals surface area contributed by atoms with Gasteiger partial charge in [0.15, 0.2) is 5.76 Å². The number of hydrogen-bond donors (Lipinski definition) is 0. The Morgan fingerprint density at radius 2 is 1.60 bits per heavy atom. The lowest BCUT2D eigenvalue weighted by Crippen LogP contribution is -2.36. The molecule has 0 aliphatic heterocycles. The molecule has 0 aliphatic carbocycles. The third-order valence-corrected chi connectivity index (χ3v) is 6.68. The Bertz CT molecular complexity index is 1270. The number of carbonyl (C=O) groups is 1. The number of amides is 1. The number of aryl methyl sites for hydroxylation is 2. The summed E-state index contributed by atoms with van der Waals surface area (Å²) >= 11 is 0. The molecule has 0 N–H and O–H groups in total. The summed E-state index contributed by atoms with van der Waals surface area (Å²) < 4.78 is 33.5. The smallest absolute Gasteiger partial charge is 0.308 e. The van der Waals surface area contributed by atoms with E-state index in [4.69, 9.17) is 4.42 Å². The van der Waals surface area contributed by atoms with Crippen molar-refractivity contribution in [3.05, 3.63) is 95.7 Å². The van der Waals surface area contributed by atoms with Crippen LogP contribution in [0.2, 0.25) is 0 Å². The highest BCUT2D eigenvalue weighted by atomic mass is 32.2. The maximum absolute atomic E-state index is 13.5. The van der Waals surface area contributed by atoms with Crippen LogP contribution in [0, 0.1) is 6.92 Å². The number of rotatable bonds is 5. The van der Waals surface area contributed by atoms with Crippen molar-refractivity contribution >= 4 is 32.6 Å². The number of nitrogens with zero attached hydrogens (tertiary/aromatic N) is 1. The quantitative estimate of drug-likeness (QED) is 0.438. The van der Waals surface area contributed by atoms with Crippen LogP contribution in [0.5, 0.6) is 0 Å². The summed E-state index contributed by atoms with van der Waals surface area (Å²) in [7, 11) is -4.15. The molecule has 1 amide bonds. The molecule has 30 heavy (non-hydrogen) atoms. The van der Waals surface area contributed by atoms with Crippen LogP contribution in [0.25, 0.3) is 11.0 Å². The van der Waals surface area contributed by atoms with E-state index in [0.29, 0.717) is 5.58 Å². The van der Waals surface area contributed by atoms with Crippen LogP contribution in [0.3, 0.4) is 0 Å². The highest BCUT2D eigenvalue weighted by Crippen LogP contribution is 2.29. The third kappa shape index (κ3) is 3.62. The molecule has 1 aromatic heterocycles. The van der Waals surface area contributed by atoms with E-state index in [0.717, 1.165) is 27.2 Å². The molecule has 0 bridgehead atoms. The minimum atomic E-state index is -4.15. The molecule has 0 saturated heterocycles. The van der Waals surface area contributed by atoms with Crippen LogP contribution in [-0.2, 0) is 16.4 Å². The van der Waals surface area contributed by atoms with Crippen LogP contribution in [0.4, 0.5) is 5.69 Å². The van der Waals surface area contributed by atoms with Gasteiger partial charge in [-0.3, -0.25) is 4.79 Å². The Labute approximate surface area is 175 Å². The molecule has 0 radical (unpaired) electrons. The fourth-order valence-electron chi connectivity index (χ4n) is 3.24.